The van der Waals surface area contributed by atoms with E-state index in [0.29, 0.717) is 17.5 Å². The van der Waals surface area contributed by atoms with Gasteiger partial charge in [0.2, 0.25) is 0 Å². The monoisotopic (exact) mass is 483 g/mol. The highest BCUT2D eigenvalue weighted by Gasteiger charge is 2.37. The smallest absolute Gasteiger partial charge is 0.416 e. The minimum Gasteiger partial charge on any atom is -0.489 e. The third-order valence-corrected chi connectivity index (χ3v) is 6.38. The Hall–Kier alpha value is -2.29. The summed E-state index contributed by atoms with van der Waals surface area (Å²) in [4.78, 5) is 12.6. The van der Waals surface area contributed by atoms with E-state index in [9.17, 15) is 18.0 Å². The molecule has 9 heteroatoms. The molecule has 0 aromatic heterocycles. The summed E-state index contributed by atoms with van der Waals surface area (Å²) >= 11 is 6.34. The van der Waals surface area contributed by atoms with Crippen molar-refractivity contribution in [2.24, 2.45) is 0 Å². The Morgan fingerprint density at radius 1 is 1.21 bits per heavy atom. The minimum atomic E-state index is -4.59. The zero-order valence-corrected chi connectivity index (χ0v) is 18.7. The molecule has 0 spiro atoms. The molecule has 1 aliphatic heterocycles. The van der Waals surface area contributed by atoms with Gasteiger partial charge in [0.25, 0.3) is 0 Å². The van der Waals surface area contributed by atoms with Crippen molar-refractivity contribution in [1.82, 2.24) is 4.90 Å². The van der Waals surface area contributed by atoms with Gasteiger partial charge in [0, 0.05) is 30.2 Å². The molecule has 1 saturated carbocycles. The lowest BCUT2D eigenvalue weighted by Crippen LogP contribution is -2.40. The second-order valence-electron chi connectivity index (χ2n) is 8.42. The highest BCUT2D eigenvalue weighted by molar-refractivity contribution is 6.31. The van der Waals surface area contributed by atoms with Crippen LogP contribution < -0.4 is 4.74 Å². The Labute approximate surface area is 195 Å². The third-order valence-electron chi connectivity index (χ3n) is 6.02. The second kappa shape index (κ2) is 9.91. The van der Waals surface area contributed by atoms with Gasteiger partial charge in [-0.15, -0.1) is 0 Å². The van der Waals surface area contributed by atoms with Crippen LogP contribution in [0.5, 0.6) is 5.75 Å². The number of carbonyl (C=O) groups is 1. The predicted molar refractivity (Wildman–Crippen MR) is 117 cm³/mol. The van der Waals surface area contributed by atoms with Crippen molar-refractivity contribution in [2.75, 3.05) is 26.2 Å². The van der Waals surface area contributed by atoms with E-state index in [1.165, 1.54) is 12.1 Å². The minimum absolute atomic E-state index is 0.0197. The van der Waals surface area contributed by atoms with Crippen LogP contribution in [0.15, 0.2) is 36.4 Å². The van der Waals surface area contributed by atoms with Gasteiger partial charge in [-0.2, -0.15) is 13.2 Å². The van der Waals surface area contributed by atoms with Gasteiger partial charge in [-0.25, -0.2) is 0 Å². The fourth-order valence-electron chi connectivity index (χ4n) is 4.16. The van der Waals surface area contributed by atoms with E-state index in [1.54, 1.807) is 6.07 Å². The van der Waals surface area contributed by atoms with Crippen molar-refractivity contribution in [3.05, 3.63) is 63.7 Å². The molecule has 5 nitrogen and oxygen atoms in total. The van der Waals surface area contributed by atoms with Crippen LogP contribution >= 0.6 is 11.6 Å². The number of ether oxygens (including phenoxy) is 2. The summed E-state index contributed by atoms with van der Waals surface area (Å²) in [6, 6.07) is 9.52. The van der Waals surface area contributed by atoms with Gasteiger partial charge in [-0.3, -0.25) is 9.69 Å². The van der Waals surface area contributed by atoms with Crippen molar-refractivity contribution in [3.8, 4) is 5.75 Å². The maximum Gasteiger partial charge on any atom is 0.416 e. The first-order valence-electron chi connectivity index (χ1n) is 10.9. The molecule has 1 N–H and O–H groups in total. The molecule has 1 aliphatic carbocycles. The van der Waals surface area contributed by atoms with Crippen molar-refractivity contribution >= 4 is 17.6 Å². The lowest BCUT2D eigenvalue weighted by molar-refractivity contribution is -0.140. The van der Waals surface area contributed by atoms with Crippen molar-refractivity contribution in [3.63, 3.8) is 0 Å². The number of carboxylic acid groups (broad SMARTS) is 1. The summed E-state index contributed by atoms with van der Waals surface area (Å²) in [5, 5.41) is 9.43. The Balaban J connectivity index is 1.52. The predicted octanol–water partition coefficient (Wildman–Crippen LogP) is 5.66. The molecule has 2 aliphatic rings. The second-order valence-corrected chi connectivity index (χ2v) is 8.83. The number of rotatable bonds is 8. The maximum atomic E-state index is 13.9. The maximum absolute atomic E-state index is 13.9. The zero-order valence-electron chi connectivity index (χ0n) is 17.9. The van der Waals surface area contributed by atoms with E-state index >= 15 is 0 Å². The normalized spacial score (nSPS) is 19.5. The summed E-state index contributed by atoms with van der Waals surface area (Å²) < 4.78 is 53.1. The number of carboxylic acids is 1. The van der Waals surface area contributed by atoms with Crippen LogP contribution in [0, 0.1) is 0 Å². The zero-order chi connectivity index (χ0) is 23.6. The number of alkyl halides is 3. The summed E-state index contributed by atoms with van der Waals surface area (Å²) in [7, 11) is 0. The van der Waals surface area contributed by atoms with Crippen LogP contribution in [0.1, 0.15) is 53.5 Å². The lowest BCUT2D eigenvalue weighted by Gasteiger charge is -2.34. The number of aliphatic carboxylic acids is 1. The molecular formula is C24H25ClF3NO4. The third kappa shape index (κ3) is 5.99. The van der Waals surface area contributed by atoms with E-state index < -0.39 is 23.8 Å². The van der Waals surface area contributed by atoms with Gasteiger partial charge in [0.1, 0.15) is 12.4 Å². The molecule has 33 heavy (non-hydrogen) atoms. The van der Waals surface area contributed by atoms with E-state index in [1.807, 2.05) is 17.0 Å². The molecule has 178 valence electrons. The van der Waals surface area contributed by atoms with E-state index in [-0.39, 0.29) is 44.0 Å². The summed E-state index contributed by atoms with van der Waals surface area (Å²) in [5.74, 6) is -0.409. The summed E-state index contributed by atoms with van der Waals surface area (Å²) in [6.45, 7) is 1.26. The van der Waals surface area contributed by atoms with Gasteiger partial charge in [0.15, 0.2) is 0 Å². The quantitative estimate of drug-likeness (QED) is 0.524. The number of hydrogen-bond donors (Lipinski definition) is 1. The Kier molecular flexibility index (Phi) is 7.16. The molecular weight excluding hydrogens is 459 g/mol. The van der Waals surface area contributed by atoms with Gasteiger partial charge in [-0.1, -0.05) is 29.8 Å². The van der Waals surface area contributed by atoms with Crippen molar-refractivity contribution in [1.29, 1.82) is 0 Å². The standard InChI is InChI=1S/C24H25ClF3NO4/c25-21-3-1-2-17(15-4-5-15)19(21)14-33-16-6-7-18(20(12-16)24(26,27)28)22-13-29(10-11-32-22)9-8-23(30)31/h1-3,6-7,12,15,22H,4-5,8-11,13-14H2,(H,30,31). The fraction of sp³-hybridized carbons (Fsp3) is 0.458. The highest BCUT2D eigenvalue weighted by atomic mass is 35.5. The van der Waals surface area contributed by atoms with Crippen LogP contribution in [-0.2, 0) is 22.3 Å². The van der Waals surface area contributed by atoms with Crippen LogP contribution in [0.3, 0.4) is 0 Å². The molecule has 0 amide bonds. The molecule has 1 atom stereocenters. The topological polar surface area (TPSA) is 59.0 Å². The van der Waals surface area contributed by atoms with Crippen molar-refractivity contribution in [2.45, 2.75) is 44.1 Å². The first-order chi connectivity index (χ1) is 15.7. The first-order valence-corrected chi connectivity index (χ1v) is 11.3. The Morgan fingerprint density at radius 2 is 2.00 bits per heavy atom. The molecule has 0 bridgehead atoms. The molecule has 1 unspecified atom stereocenters. The molecule has 0 radical (unpaired) electrons. The summed E-state index contributed by atoms with van der Waals surface area (Å²) in [5.41, 5.74) is 1.11. The van der Waals surface area contributed by atoms with Crippen LogP contribution in [0.4, 0.5) is 13.2 Å². The molecule has 2 aromatic rings. The van der Waals surface area contributed by atoms with Gasteiger partial charge < -0.3 is 14.6 Å². The van der Waals surface area contributed by atoms with Crippen LogP contribution in [-0.4, -0.2) is 42.2 Å². The summed E-state index contributed by atoms with van der Waals surface area (Å²) in [6.07, 6.45) is -3.32. The molecule has 1 heterocycles. The van der Waals surface area contributed by atoms with Crippen molar-refractivity contribution < 1.29 is 32.5 Å². The van der Waals surface area contributed by atoms with Crippen LogP contribution in [0.2, 0.25) is 5.02 Å². The number of nitrogens with zero attached hydrogens (tertiary/aromatic N) is 1. The molecule has 2 aromatic carbocycles. The Morgan fingerprint density at radius 3 is 2.70 bits per heavy atom. The largest absolute Gasteiger partial charge is 0.489 e. The average Bonchev–Trinajstić information content (AvgIpc) is 3.61. The van der Waals surface area contributed by atoms with Crippen LogP contribution in [0.25, 0.3) is 0 Å². The number of halogens is 4. The number of benzene rings is 2. The van der Waals surface area contributed by atoms with Gasteiger partial charge in [0.05, 0.1) is 24.7 Å². The van der Waals surface area contributed by atoms with E-state index in [0.717, 1.165) is 30.0 Å². The molecule has 1 saturated heterocycles. The fourth-order valence-corrected chi connectivity index (χ4v) is 4.40. The number of morpholine rings is 1. The first kappa shape index (κ1) is 23.9. The molecule has 4 rings (SSSR count). The molecule has 2 fully saturated rings. The highest BCUT2D eigenvalue weighted by Crippen LogP contribution is 2.44. The SMILES string of the molecule is O=C(O)CCN1CCOC(c2ccc(OCc3c(Cl)cccc3C3CC3)cc2C(F)(F)F)C1. The Bertz CT molecular complexity index is 1010. The average molecular weight is 484 g/mol. The van der Waals surface area contributed by atoms with Gasteiger partial charge >= 0.3 is 12.1 Å². The number of hydrogen-bond acceptors (Lipinski definition) is 4. The lowest BCUT2D eigenvalue weighted by atomic mass is 9.99. The van der Waals surface area contributed by atoms with Gasteiger partial charge in [-0.05, 0) is 48.1 Å². The van der Waals surface area contributed by atoms with E-state index in [4.69, 9.17) is 26.2 Å². The van der Waals surface area contributed by atoms with E-state index in [2.05, 4.69) is 0 Å².